The summed E-state index contributed by atoms with van der Waals surface area (Å²) in [5.41, 5.74) is 12.3. The monoisotopic (exact) mass is 370 g/mol. The molecule has 3 heterocycles. The Balaban J connectivity index is 1.66. The first kappa shape index (κ1) is 18.3. The molecule has 10 nitrogen and oxygen atoms in total. The number of ether oxygens (including phenoxy) is 1. The second-order valence-corrected chi connectivity index (χ2v) is 7.09. The summed E-state index contributed by atoms with van der Waals surface area (Å²) in [4.78, 5) is 12.2. The van der Waals surface area contributed by atoms with Gasteiger partial charge in [0, 0.05) is 11.8 Å². The highest BCUT2D eigenvalue weighted by Gasteiger charge is 2.44. The Morgan fingerprint density at radius 1 is 1.28 bits per heavy atom. The first-order valence-corrected chi connectivity index (χ1v) is 9.07. The Bertz CT molecular complexity index is 716. The Hall–Kier alpha value is -1.50. The molecule has 0 radical (unpaired) electrons. The zero-order valence-electron chi connectivity index (χ0n) is 13.5. The molecule has 7 N–H and O–H groups in total. The van der Waals surface area contributed by atoms with Crippen molar-refractivity contribution in [2.24, 2.45) is 5.73 Å². The minimum Gasteiger partial charge on any atom is -0.395 e. The number of aliphatic hydroxyl groups excluding tert-OH is 3. The van der Waals surface area contributed by atoms with Gasteiger partial charge in [-0.3, -0.25) is 4.57 Å². The van der Waals surface area contributed by atoms with E-state index in [2.05, 4.69) is 15.0 Å². The molecule has 11 heteroatoms. The van der Waals surface area contributed by atoms with Crippen LogP contribution in [0, 0.1) is 0 Å². The Labute approximate surface area is 148 Å². The van der Waals surface area contributed by atoms with Crippen LogP contribution in [0.3, 0.4) is 0 Å². The van der Waals surface area contributed by atoms with Gasteiger partial charge in [0.2, 0.25) is 0 Å². The van der Waals surface area contributed by atoms with Gasteiger partial charge in [-0.05, 0) is 12.2 Å². The molecular formula is C14H22N6O4S. The summed E-state index contributed by atoms with van der Waals surface area (Å²) in [6, 6.07) is -0.247. The average Bonchev–Trinajstić information content (AvgIpc) is 3.15. The van der Waals surface area contributed by atoms with Crippen molar-refractivity contribution < 1.29 is 20.1 Å². The van der Waals surface area contributed by atoms with E-state index in [1.165, 1.54) is 12.7 Å². The first-order chi connectivity index (χ1) is 12.0. The van der Waals surface area contributed by atoms with Gasteiger partial charge in [-0.1, -0.05) is 0 Å². The maximum absolute atomic E-state index is 10.4. The number of hydrogen-bond donors (Lipinski definition) is 5. The molecule has 0 bridgehead atoms. The summed E-state index contributed by atoms with van der Waals surface area (Å²) in [5, 5.41) is 29.5. The fourth-order valence-corrected chi connectivity index (χ4v) is 3.82. The molecule has 0 spiro atoms. The largest absolute Gasteiger partial charge is 0.395 e. The summed E-state index contributed by atoms with van der Waals surface area (Å²) >= 11 is 1.55. The number of rotatable bonds is 7. The lowest BCUT2D eigenvalue weighted by atomic mass is 10.1. The van der Waals surface area contributed by atoms with E-state index in [-0.39, 0.29) is 18.5 Å². The van der Waals surface area contributed by atoms with Crippen molar-refractivity contribution in [2.45, 2.75) is 37.0 Å². The molecule has 1 fully saturated rings. The van der Waals surface area contributed by atoms with Crippen LogP contribution in [0.1, 0.15) is 12.6 Å². The number of anilines is 1. The van der Waals surface area contributed by atoms with Gasteiger partial charge in [0.1, 0.15) is 24.1 Å². The molecule has 0 amide bonds. The number of aromatic nitrogens is 4. The number of imidazole rings is 1. The van der Waals surface area contributed by atoms with Crippen LogP contribution in [-0.4, -0.2) is 77.3 Å². The number of aliphatic hydroxyl groups is 3. The molecule has 0 aliphatic carbocycles. The normalized spacial score (nSPS) is 27.8. The van der Waals surface area contributed by atoms with Crippen LogP contribution in [0.15, 0.2) is 12.7 Å². The van der Waals surface area contributed by atoms with E-state index in [4.69, 9.17) is 21.3 Å². The molecule has 25 heavy (non-hydrogen) atoms. The lowest BCUT2D eigenvalue weighted by molar-refractivity contribution is -0.0289. The van der Waals surface area contributed by atoms with Gasteiger partial charge < -0.3 is 31.5 Å². The predicted molar refractivity (Wildman–Crippen MR) is 92.7 cm³/mol. The van der Waals surface area contributed by atoms with Crippen molar-refractivity contribution in [1.29, 1.82) is 0 Å². The molecule has 1 saturated heterocycles. The van der Waals surface area contributed by atoms with Gasteiger partial charge in [-0.25, -0.2) is 15.0 Å². The van der Waals surface area contributed by atoms with Crippen LogP contribution in [0.4, 0.5) is 5.82 Å². The molecule has 2 aromatic rings. The van der Waals surface area contributed by atoms with E-state index in [9.17, 15) is 10.2 Å². The molecular weight excluding hydrogens is 348 g/mol. The van der Waals surface area contributed by atoms with Crippen molar-refractivity contribution >= 4 is 28.7 Å². The summed E-state index contributed by atoms with van der Waals surface area (Å²) in [5.74, 6) is 1.47. The van der Waals surface area contributed by atoms with Crippen LogP contribution < -0.4 is 11.5 Å². The van der Waals surface area contributed by atoms with Crippen LogP contribution in [0.25, 0.3) is 11.2 Å². The summed E-state index contributed by atoms with van der Waals surface area (Å²) in [6.07, 6.45) is -0.0402. The maximum atomic E-state index is 10.4. The van der Waals surface area contributed by atoms with E-state index in [1.54, 1.807) is 16.3 Å². The smallest absolute Gasteiger partial charge is 0.167 e. The molecule has 0 saturated carbocycles. The second-order valence-electron chi connectivity index (χ2n) is 5.94. The number of thioether (sulfide) groups is 1. The molecule has 1 aliphatic heterocycles. The number of fused-ring (bicyclic) bond motifs is 1. The van der Waals surface area contributed by atoms with Crippen molar-refractivity contribution in [1.82, 2.24) is 19.5 Å². The Morgan fingerprint density at radius 3 is 2.84 bits per heavy atom. The SMILES string of the molecule is Nc1ncnc2c1ncn2[C@@H]1O[C@H](CSCC[C@H](N)CO)[C@@H](O)[C@H]1O. The highest BCUT2D eigenvalue weighted by molar-refractivity contribution is 7.99. The number of nitrogens with two attached hydrogens (primary N) is 2. The third-order valence-corrected chi connectivity index (χ3v) is 5.24. The summed E-state index contributed by atoms with van der Waals surface area (Å²) in [7, 11) is 0. The van der Waals surface area contributed by atoms with E-state index < -0.39 is 24.5 Å². The molecule has 5 atom stereocenters. The minimum absolute atomic E-state index is 0.0530. The number of nitrogen functional groups attached to an aromatic ring is 1. The molecule has 0 aromatic carbocycles. The quantitative estimate of drug-likeness (QED) is 0.361. The van der Waals surface area contributed by atoms with E-state index in [0.717, 1.165) is 5.75 Å². The fourth-order valence-electron chi connectivity index (χ4n) is 2.68. The van der Waals surface area contributed by atoms with Gasteiger partial charge in [0.05, 0.1) is 19.0 Å². The molecule has 0 unspecified atom stereocenters. The van der Waals surface area contributed by atoms with Crippen LogP contribution in [0.5, 0.6) is 0 Å². The average molecular weight is 370 g/mol. The van der Waals surface area contributed by atoms with Crippen molar-refractivity contribution in [3.05, 3.63) is 12.7 Å². The molecule has 3 rings (SSSR count). The molecule has 1 aliphatic rings. The first-order valence-electron chi connectivity index (χ1n) is 7.91. The van der Waals surface area contributed by atoms with Crippen LogP contribution in [-0.2, 0) is 4.74 Å². The van der Waals surface area contributed by atoms with Gasteiger partial charge in [0.25, 0.3) is 0 Å². The number of nitrogens with zero attached hydrogens (tertiary/aromatic N) is 4. The van der Waals surface area contributed by atoms with E-state index in [0.29, 0.717) is 23.3 Å². The summed E-state index contributed by atoms with van der Waals surface area (Å²) in [6.45, 7) is -0.0530. The minimum atomic E-state index is -1.11. The van der Waals surface area contributed by atoms with Gasteiger partial charge in [0.15, 0.2) is 17.7 Å². The van der Waals surface area contributed by atoms with Crippen molar-refractivity contribution in [3.63, 3.8) is 0 Å². The van der Waals surface area contributed by atoms with Gasteiger partial charge in [-0.15, -0.1) is 0 Å². The third-order valence-electron chi connectivity index (χ3n) is 4.15. The van der Waals surface area contributed by atoms with Crippen LogP contribution in [0.2, 0.25) is 0 Å². The van der Waals surface area contributed by atoms with Crippen molar-refractivity contribution in [3.8, 4) is 0 Å². The highest BCUT2D eigenvalue weighted by Crippen LogP contribution is 2.33. The number of hydrogen-bond acceptors (Lipinski definition) is 10. The van der Waals surface area contributed by atoms with Gasteiger partial charge >= 0.3 is 0 Å². The third kappa shape index (κ3) is 3.71. The maximum Gasteiger partial charge on any atom is 0.167 e. The Morgan fingerprint density at radius 2 is 2.08 bits per heavy atom. The lowest BCUT2D eigenvalue weighted by Gasteiger charge is -2.16. The van der Waals surface area contributed by atoms with E-state index >= 15 is 0 Å². The molecule has 2 aromatic heterocycles. The van der Waals surface area contributed by atoms with Crippen LogP contribution >= 0.6 is 11.8 Å². The molecule has 138 valence electrons. The highest BCUT2D eigenvalue weighted by atomic mass is 32.2. The zero-order chi connectivity index (χ0) is 18.0. The predicted octanol–water partition coefficient (Wildman–Crippen LogP) is -1.53. The van der Waals surface area contributed by atoms with Crippen molar-refractivity contribution in [2.75, 3.05) is 23.8 Å². The fraction of sp³-hybridized carbons (Fsp3) is 0.643. The van der Waals surface area contributed by atoms with Gasteiger partial charge in [-0.2, -0.15) is 11.8 Å². The second kappa shape index (κ2) is 7.81. The Kier molecular flexibility index (Phi) is 5.71. The van der Waals surface area contributed by atoms with E-state index in [1.807, 2.05) is 0 Å². The standard InChI is InChI=1S/C14H22N6O4S/c15-7(3-21)1-2-25-4-8-10(22)11(23)14(24-8)20-6-19-9-12(16)17-5-18-13(9)20/h5-8,10-11,14,21-23H,1-4,15H2,(H2,16,17,18)/t7-,8+,10+,11+,14+/m0/s1. The zero-order valence-corrected chi connectivity index (χ0v) is 14.3. The summed E-state index contributed by atoms with van der Waals surface area (Å²) < 4.78 is 7.38. The topological polar surface area (TPSA) is 166 Å². The lowest BCUT2D eigenvalue weighted by Crippen LogP contribution is -2.32.